The predicted octanol–water partition coefficient (Wildman–Crippen LogP) is 1.49. The molecule has 0 amide bonds. The van der Waals surface area contributed by atoms with Crippen LogP contribution in [0.2, 0.25) is 0 Å². The van der Waals surface area contributed by atoms with Crippen molar-refractivity contribution in [1.29, 1.82) is 0 Å². The monoisotopic (exact) mass is 264 g/mol. The number of hydrogen-bond acceptors (Lipinski definition) is 4. The molecule has 1 heterocycles. The van der Waals surface area contributed by atoms with E-state index in [1.165, 1.54) is 0 Å². The van der Waals surface area contributed by atoms with E-state index in [0.717, 1.165) is 5.56 Å². The van der Waals surface area contributed by atoms with Gasteiger partial charge < -0.3 is 14.8 Å². The standard InChI is InChI=1S/C13H16N2O4/c1-3-8(12(16)17)11(14-2)7-4-5-9-10(6-7)19-13(18)15-9/h4-6,8,11,14H,3H2,1-2H3,(H,15,18)(H,16,17). The summed E-state index contributed by atoms with van der Waals surface area (Å²) in [6.45, 7) is 1.83. The molecule has 102 valence electrons. The minimum absolute atomic E-state index is 0.327. The molecule has 0 fully saturated rings. The smallest absolute Gasteiger partial charge is 0.417 e. The van der Waals surface area contributed by atoms with Crippen molar-refractivity contribution in [3.05, 3.63) is 34.3 Å². The third kappa shape index (κ3) is 2.53. The number of aromatic nitrogens is 1. The number of oxazole rings is 1. The van der Waals surface area contributed by atoms with E-state index in [9.17, 15) is 14.7 Å². The molecular weight excluding hydrogens is 248 g/mol. The Morgan fingerprint density at radius 2 is 2.26 bits per heavy atom. The lowest BCUT2D eigenvalue weighted by molar-refractivity contribution is -0.143. The number of nitrogens with one attached hydrogen (secondary N) is 2. The van der Waals surface area contributed by atoms with E-state index in [0.29, 0.717) is 17.5 Å². The molecule has 0 aliphatic carbocycles. The van der Waals surface area contributed by atoms with E-state index in [1.807, 2.05) is 6.92 Å². The maximum Gasteiger partial charge on any atom is 0.417 e. The highest BCUT2D eigenvalue weighted by Gasteiger charge is 2.27. The molecule has 1 aromatic heterocycles. The van der Waals surface area contributed by atoms with Crippen LogP contribution in [0.4, 0.5) is 0 Å². The van der Waals surface area contributed by atoms with Crippen molar-refractivity contribution >= 4 is 17.1 Å². The van der Waals surface area contributed by atoms with Gasteiger partial charge in [0.25, 0.3) is 0 Å². The summed E-state index contributed by atoms with van der Waals surface area (Å²) >= 11 is 0. The molecule has 2 atom stereocenters. The summed E-state index contributed by atoms with van der Waals surface area (Å²) in [5.41, 5.74) is 1.82. The zero-order valence-electron chi connectivity index (χ0n) is 10.8. The Hall–Kier alpha value is -2.08. The molecule has 6 nitrogen and oxygen atoms in total. The van der Waals surface area contributed by atoms with Gasteiger partial charge in [0.15, 0.2) is 5.58 Å². The Kier molecular flexibility index (Phi) is 3.71. The van der Waals surface area contributed by atoms with Crippen molar-refractivity contribution in [2.24, 2.45) is 5.92 Å². The molecular formula is C13H16N2O4. The second kappa shape index (κ2) is 5.27. The molecule has 0 saturated carbocycles. The van der Waals surface area contributed by atoms with Crippen molar-refractivity contribution in [2.45, 2.75) is 19.4 Å². The number of carboxylic acids is 1. The summed E-state index contributed by atoms with van der Waals surface area (Å²) < 4.78 is 4.99. The zero-order chi connectivity index (χ0) is 14.0. The van der Waals surface area contributed by atoms with Gasteiger partial charge in [-0.2, -0.15) is 0 Å². The van der Waals surface area contributed by atoms with Gasteiger partial charge in [-0.3, -0.25) is 9.78 Å². The van der Waals surface area contributed by atoms with Gasteiger partial charge in [-0.05, 0) is 31.2 Å². The fourth-order valence-electron chi connectivity index (χ4n) is 2.31. The van der Waals surface area contributed by atoms with Crippen molar-refractivity contribution in [3.63, 3.8) is 0 Å². The van der Waals surface area contributed by atoms with Crippen LogP contribution in [0.5, 0.6) is 0 Å². The summed E-state index contributed by atoms with van der Waals surface area (Å²) in [5.74, 6) is -1.90. The lowest BCUT2D eigenvalue weighted by Gasteiger charge is -2.22. The number of benzene rings is 1. The van der Waals surface area contributed by atoms with Gasteiger partial charge in [-0.1, -0.05) is 13.0 Å². The molecule has 0 aliphatic heterocycles. The highest BCUT2D eigenvalue weighted by Crippen LogP contribution is 2.26. The minimum atomic E-state index is -0.850. The predicted molar refractivity (Wildman–Crippen MR) is 70.1 cm³/mol. The number of carbonyl (C=O) groups is 1. The molecule has 0 aliphatic rings. The van der Waals surface area contributed by atoms with Gasteiger partial charge in [0, 0.05) is 6.04 Å². The minimum Gasteiger partial charge on any atom is -0.481 e. The number of hydrogen-bond donors (Lipinski definition) is 3. The Bertz CT molecular complexity index is 643. The number of carboxylic acid groups (broad SMARTS) is 1. The molecule has 2 unspecified atom stereocenters. The fourth-order valence-corrected chi connectivity index (χ4v) is 2.31. The van der Waals surface area contributed by atoms with Crippen LogP contribution in [0.15, 0.2) is 27.4 Å². The molecule has 19 heavy (non-hydrogen) atoms. The van der Waals surface area contributed by atoms with Crippen molar-refractivity contribution in [3.8, 4) is 0 Å². The first-order chi connectivity index (χ1) is 9.06. The summed E-state index contributed by atoms with van der Waals surface area (Å²) in [6.07, 6.45) is 0.510. The van der Waals surface area contributed by atoms with Crippen LogP contribution < -0.4 is 11.1 Å². The number of H-pyrrole nitrogens is 1. The van der Waals surface area contributed by atoms with Crippen LogP contribution >= 0.6 is 0 Å². The van der Waals surface area contributed by atoms with E-state index in [4.69, 9.17) is 4.42 Å². The van der Waals surface area contributed by atoms with Gasteiger partial charge in [0.2, 0.25) is 0 Å². The van der Waals surface area contributed by atoms with Crippen LogP contribution in [0.3, 0.4) is 0 Å². The van der Waals surface area contributed by atoms with E-state index in [-0.39, 0.29) is 6.04 Å². The Labute approximate surface area is 109 Å². The van der Waals surface area contributed by atoms with Crippen LogP contribution in [-0.4, -0.2) is 23.1 Å². The van der Waals surface area contributed by atoms with E-state index >= 15 is 0 Å². The largest absolute Gasteiger partial charge is 0.481 e. The highest BCUT2D eigenvalue weighted by molar-refractivity contribution is 5.74. The molecule has 2 aromatic rings. The number of aliphatic carboxylic acids is 1. The first kappa shape index (κ1) is 13.4. The van der Waals surface area contributed by atoms with E-state index in [1.54, 1.807) is 25.2 Å². The van der Waals surface area contributed by atoms with Crippen LogP contribution in [0.1, 0.15) is 24.9 Å². The molecule has 0 bridgehead atoms. The molecule has 1 aromatic carbocycles. The quantitative estimate of drug-likeness (QED) is 0.760. The summed E-state index contributed by atoms with van der Waals surface area (Å²) in [6, 6.07) is 4.88. The maximum absolute atomic E-state index is 11.3. The highest BCUT2D eigenvalue weighted by atomic mass is 16.4. The normalized spacial score (nSPS) is 14.4. The van der Waals surface area contributed by atoms with Gasteiger partial charge >= 0.3 is 11.7 Å². The zero-order valence-corrected chi connectivity index (χ0v) is 10.8. The van der Waals surface area contributed by atoms with E-state index in [2.05, 4.69) is 10.3 Å². The van der Waals surface area contributed by atoms with Crippen molar-refractivity contribution in [2.75, 3.05) is 7.05 Å². The number of fused-ring (bicyclic) bond motifs is 1. The van der Waals surface area contributed by atoms with Gasteiger partial charge in [-0.25, -0.2) is 4.79 Å². The third-order valence-corrected chi connectivity index (χ3v) is 3.27. The van der Waals surface area contributed by atoms with Gasteiger partial charge in [-0.15, -0.1) is 0 Å². The molecule has 0 radical (unpaired) electrons. The van der Waals surface area contributed by atoms with Gasteiger partial charge in [0.05, 0.1) is 11.4 Å². The van der Waals surface area contributed by atoms with Crippen molar-refractivity contribution in [1.82, 2.24) is 10.3 Å². The lowest BCUT2D eigenvalue weighted by atomic mass is 9.91. The first-order valence-corrected chi connectivity index (χ1v) is 6.09. The fraction of sp³-hybridized carbons (Fsp3) is 0.385. The second-order valence-corrected chi connectivity index (χ2v) is 4.39. The molecule has 2 rings (SSSR count). The van der Waals surface area contributed by atoms with Crippen molar-refractivity contribution < 1.29 is 14.3 Å². The second-order valence-electron chi connectivity index (χ2n) is 4.39. The Balaban J connectivity index is 2.44. The summed E-state index contributed by atoms with van der Waals surface area (Å²) in [5, 5.41) is 12.2. The topological polar surface area (TPSA) is 95.3 Å². The summed E-state index contributed by atoms with van der Waals surface area (Å²) in [4.78, 5) is 24.9. The molecule has 6 heteroatoms. The van der Waals surface area contributed by atoms with Crippen LogP contribution in [0, 0.1) is 5.92 Å². The molecule has 0 spiro atoms. The number of aromatic amines is 1. The average Bonchev–Trinajstić information content (AvgIpc) is 2.74. The first-order valence-electron chi connectivity index (χ1n) is 6.09. The van der Waals surface area contributed by atoms with Crippen LogP contribution in [-0.2, 0) is 4.79 Å². The lowest BCUT2D eigenvalue weighted by Crippen LogP contribution is -2.30. The maximum atomic E-state index is 11.3. The third-order valence-electron chi connectivity index (χ3n) is 3.27. The number of rotatable bonds is 5. The molecule has 3 N–H and O–H groups in total. The molecule has 0 saturated heterocycles. The Morgan fingerprint density at radius 3 is 2.84 bits per heavy atom. The Morgan fingerprint density at radius 1 is 1.53 bits per heavy atom. The van der Waals surface area contributed by atoms with Crippen LogP contribution in [0.25, 0.3) is 11.1 Å². The van der Waals surface area contributed by atoms with Gasteiger partial charge in [0.1, 0.15) is 0 Å². The van der Waals surface area contributed by atoms with E-state index < -0.39 is 17.6 Å². The SMILES string of the molecule is CCC(C(=O)O)C(NC)c1ccc2[nH]c(=O)oc2c1. The summed E-state index contributed by atoms with van der Waals surface area (Å²) in [7, 11) is 1.72. The average molecular weight is 264 g/mol.